The topological polar surface area (TPSA) is 59.0 Å². The van der Waals surface area contributed by atoms with Gasteiger partial charge in [-0.05, 0) is 55.6 Å². The number of urea groups is 1. The summed E-state index contributed by atoms with van der Waals surface area (Å²) in [7, 11) is 0. The van der Waals surface area contributed by atoms with Crippen LogP contribution >= 0.6 is 0 Å². The molecule has 4 atom stereocenters. The third-order valence-electron chi connectivity index (χ3n) is 6.01. The Hall–Kier alpha value is -2.30. The number of amides is 2. The molecule has 0 aliphatic heterocycles. The summed E-state index contributed by atoms with van der Waals surface area (Å²) in [5.74, 6) is 2.38. The molecule has 1 heterocycles. The van der Waals surface area contributed by atoms with E-state index in [1.165, 1.54) is 25.7 Å². The number of rotatable bonds is 5. The maximum atomic E-state index is 12.3. The monoisotopic (exact) mass is 338 g/mol. The molecule has 1 aromatic heterocycles. The van der Waals surface area contributed by atoms with Gasteiger partial charge in [-0.25, -0.2) is 9.78 Å². The molecule has 0 radical (unpaired) electrons. The molecule has 2 aromatic rings. The Bertz CT molecular complexity index is 727. The van der Waals surface area contributed by atoms with Crippen LogP contribution in [0.15, 0.2) is 43.0 Å². The molecule has 2 fully saturated rings. The van der Waals surface area contributed by atoms with Gasteiger partial charge in [0.25, 0.3) is 0 Å². The fourth-order valence-electron chi connectivity index (χ4n) is 4.76. The summed E-state index contributed by atoms with van der Waals surface area (Å²) in [6.07, 6.45) is 10.8. The molecule has 0 saturated heterocycles. The molecule has 2 N–H and O–H groups in total. The van der Waals surface area contributed by atoms with Crippen LogP contribution in [0.2, 0.25) is 0 Å². The number of benzene rings is 1. The van der Waals surface area contributed by atoms with Gasteiger partial charge in [0.15, 0.2) is 0 Å². The average molecular weight is 338 g/mol. The zero-order valence-corrected chi connectivity index (χ0v) is 14.7. The maximum Gasteiger partial charge on any atom is 0.315 e. The van der Waals surface area contributed by atoms with Crippen molar-refractivity contribution in [2.24, 2.45) is 17.8 Å². The van der Waals surface area contributed by atoms with Crippen LogP contribution in [0, 0.1) is 17.8 Å². The van der Waals surface area contributed by atoms with E-state index in [-0.39, 0.29) is 12.1 Å². The molecule has 1 aromatic carbocycles. The van der Waals surface area contributed by atoms with Crippen molar-refractivity contribution in [3.63, 3.8) is 0 Å². The van der Waals surface area contributed by atoms with Crippen LogP contribution in [0.3, 0.4) is 0 Å². The van der Waals surface area contributed by atoms with Crippen LogP contribution in [0.25, 0.3) is 5.69 Å². The first-order valence-electron chi connectivity index (χ1n) is 9.31. The first kappa shape index (κ1) is 16.2. The van der Waals surface area contributed by atoms with E-state index >= 15 is 0 Å². The molecule has 2 saturated carbocycles. The summed E-state index contributed by atoms with van der Waals surface area (Å²) >= 11 is 0. The number of nitrogens with one attached hydrogen (secondary N) is 2. The van der Waals surface area contributed by atoms with Crippen molar-refractivity contribution < 1.29 is 4.79 Å². The van der Waals surface area contributed by atoms with Crippen molar-refractivity contribution in [3.8, 4) is 5.69 Å². The van der Waals surface area contributed by atoms with E-state index in [0.29, 0.717) is 12.5 Å². The number of imidazole rings is 1. The number of carbonyl (C=O) groups excluding carboxylic acids is 1. The lowest BCUT2D eigenvalue weighted by molar-refractivity contribution is 0.220. The molecular formula is C20H26N4O. The first-order valence-corrected chi connectivity index (χ1v) is 9.31. The van der Waals surface area contributed by atoms with Crippen LogP contribution in [-0.4, -0.2) is 21.6 Å². The largest absolute Gasteiger partial charge is 0.335 e. The Morgan fingerprint density at radius 1 is 1.32 bits per heavy atom. The second kappa shape index (κ2) is 6.90. The van der Waals surface area contributed by atoms with E-state index in [1.54, 1.807) is 12.5 Å². The first-order chi connectivity index (χ1) is 12.2. The minimum Gasteiger partial charge on any atom is -0.335 e. The summed E-state index contributed by atoms with van der Waals surface area (Å²) in [6, 6.07) is 8.24. The molecule has 2 aliphatic carbocycles. The zero-order valence-electron chi connectivity index (χ0n) is 14.7. The summed E-state index contributed by atoms with van der Waals surface area (Å²) < 4.78 is 1.97. The normalized spacial score (nSPS) is 25.7. The van der Waals surface area contributed by atoms with Gasteiger partial charge in [-0.2, -0.15) is 0 Å². The van der Waals surface area contributed by atoms with Crippen molar-refractivity contribution in [1.82, 2.24) is 20.2 Å². The molecule has 2 bridgehead atoms. The van der Waals surface area contributed by atoms with Gasteiger partial charge >= 0.3 is 6.03 Å². The van der Waals surface area contributed by atoms with Crippen molar-refractivity contribution in [1.29, 1.82) is 0 Å². The summed E-state index contributed by atoms with van der Waals surface area (Å²) in [4.78, 5) is 16.4. The smallest absolute Gasteiger partial charge is 0.315 e. The third-order valence-corrected chi connectivity index (χ3v) is 6.01. The zero-order chi connectivity index (χ0) is 17.2. The van der Waals surface area contributed by atoms with Gasteiger partial charge < -0.3 is 15.2 Å². The Labute approximate surface area is 148 Å². The SMILES string of the molecule is C[C@H](NC(=O)NCc1ccccc1-n1ccnc1)[C@@H]1C[C@H]2CC[C@H]1C2. The van der Waals surface area contributed by atoms with E-state index in [4.69, 9.17) is 0 Å². The average Bonchev–Trinajstić information content (AvgIpc) is 3.37. The van der Waals surface area contributed by atoms with Gasteiger partial charge in [0.1, 0.15) is 0 Å². The van der Waals surface area contributed by atoms with Gasteiger partial charge in [0.2, 0.25) is 0 Å². The highest BCUT2D eigenvalue weighted by Crippen LogP contribution is 2.49. The Morgan fingerprint density at radius 3 is 2.92 bits per heavy atom. The summed E-state index contributed by atoms with van der Waals surface area (Å²) in [5.41, 5.74) is 2.12. The Kier molecular flexibility index (Phi) is 4.47. The standard InChI is InChI=1S/C20H26N4O/c1-14(18-11-15-6-7-16(18)10-15)23-20(25)22-12-17-4-2-3-5-19(17)24-9-8-21-13-24/h2-5,8-9,13-16,18H,6-7,10-12H2,1H3,(H2,22,23,25)/t14-,15-,16-,18-/m0/s1. The van der Waals surface area contributed by atoms with E-state index in [1.807, 2.05) is 35.0 Å². The summed E-state index contributed by atoms with van der Waals surface area (Å²) in [5, 5.41) is 6.18. The molecule has 2 aliphatic rings. The molecule has 0 unspecified atom stereocenters. The molecule has 132 valence electrons. The number of para-hydroxylation sites is 1. The quantitative estimate of drug-likeness (QED) is 0.877. The molecule has 4 rings (SSSR count). The molecule has 5 heteroatoms. The van der Waals surface area contributed by atoms with Crippen LogP contribution in [-0.2, 0) is 6.54 Å². The van der Waals surface area contributed by atoms with Crippen LogP contribution < -0.4 is 10.6 Å². The highest BCUT2D eigenvalue weighted by Gasteiger charge is 2.42. The van der Waals surface area contributed by atoms with Gasteiger partial charge in [-0.15, -0.1) is 0 Å². The molecule has 25 heavy (non-hydrogen) atoms. The Morgan fingerprint density at radius 2 is 2.20 bits per heavy atom. The minimum absolute atomic E-state index is 0.0734. The number of hydrogen-bond acceptors (Lipinski definition) is 2. The highest BCUT2D eigenvalue weighted by molar-refractivity contribution is 5.74. The number of nitrogens with zero attached hydrogens (tertiary/aromatic N) is 2. The predicted octanol–water partition coefficient (Wildman–Crippen LogP) is 3.50. The van der Waals surface area contributed by atoms with Gasteiger partial charge in [-0.1, -0.05) is 24.6 Å². The van der Waals surface area contributed by atoms with Crippen LogP contribution in [0.1, 0.15) is 38.2 Å². The number of aromatic nitrogens is 2. The van der Waals surface area contributed by atoms with Crippen molar-refractivity contribution in [3.05, 3.63) is 48.5 Å². The molecular weight excluding hydrogens is 312 g/mol. The Balaban J connectivity index is 1.33. The fourth-order valence-corrected chi connectivity index (χ4v) is 4.76. The number of fused-ring (bicyclic) bond motifs is 2. The maximum absolute atomic E-state index is 12.3. The second-order valence-electron chi connectivity index (χ2n) is 7.55. The van der Waals surface area contributed by atoms with E-state index in [0.717, 1.165) is 23.1 Å². The fraction of sp³-hybridized carbons (Fsp3) is 0.500. The van der Waals surface area contributed by atoms with E-state index < -0.39 is 0 Å². The highest BCUT2D eigenvalue weighted by atomic mass is 16.2. The van der Waals surface area contributed by atoms with Crippen LogP contribution in [0.5, 0.6) is 0 Å². The second-order valence-corrected chi connectivity index (χ2v) is 7.55. The van der Waals surface area contributed by atoms with Gasteiger partial charge in [0.05, 0.1) is 12.0 Å². The van der Waals surface area contributed by atoms with Gasteiger partial charge in [-0.3, -0.25) is 0 Å². The van der Waals surface area contributed by atoms with Crippen molar-refractivity contribution in [2.45, 2.75) is 45.2 Å². The summed E-state index contributed by atoms with van der Waals surface area (Å²) in [6.45, 7) is 2.66. The van der Waals surface area contributed by atoms with Crippen LogP contribution in [0.4, 0.5) is 4.79 Å². The minimum atomic E-state index is -0.0734. The lowest BCUT2D eigenvalue weighted by Crippen LogP contribution is -2.45. The third kappa shape index (κ3) is 3.41. The van der Waals surface area contributed by atoms with E-state index in [2.05, 4.69) is 22.5 Å². The van der Waals surface area contributed by atoms with E-state index in [9.17, 15) is 4.79 Å². The molecule has 2 amide bonds. The van der Waals surface area contributed by atoms with Crippen molar-refractivity contribution >= 4 is 6.03 Å². The predicted molar refractivity (Wildman–Crippen MR) is 97.3 cm³/mol. The van der Waals surface area contributed by atoms with Crippen molar-refractivity contribution in [2.75, 3.05) is 0 Å². The number of hydrogen-bond donors (Lipinski definition) is 2. The molecule has 5 nitrogen and oxygen atoms in total. The lowest BCUT2D eigenvalue weighted by atomic mass is 9.84. The van der Waals surface area contributed by atoms with Gasteiger partial charge in [0, 0.05) is 25.0 Å². The lowest BCUT2D eigenvalue weighted by Gasteiger charge is -2.28. The molecule has 0 spiro atoms. The number of carbonyl (C=O) groups is 1.